The van der Waals surface area contributed by atoms with Crippen LogP contribution in [0.2, 0.25) is 0 Å². The average Bonchev–Trinajstić information content (AvgIpc) is 3.71. The molecule has 11 nitrogen and oxygen atoms in total. The lowest BCUT2D eigenvalue weighted by Gasteiger charge is -2.49. The predicted molar refractivity (Wildman–Crippen MR) is 248 cm³/mol. The molecule has 5 aromatic carbocycles. The molecule has 6 aromatic rings. The molecule has 1 aromatic heterocycles. The van der Waals surface area contributed by atoms with Crippen LogP contribution in [0.15, 0.2) is 198 Å². The number of β-lactam (4-membered cyclic amide) rings is 1. The quantitative estimate of drug-likeness (QED) is 0.0261. The van der Waals surface area contributed by atoms with E-state index in [-0.39, 0.29) is 27.2 Å². The molecule has 2 unspecified atom stereocenters. The monoisotopic (exact) mass is 870 g/mol. The zero-order valence-corrected chi connectivity index (χ0v) is 36.0. The van der Waals surface area contributed by atoms with Crippen LogP contribution in [0, 0.1) is 0 Å². The van der Waals surface area contributed by atoms with E-state index in [1.165, 1.54) is 16.2 Å². The molecule has 2 aliphatic heterocycles. The largest absolute Gasteiger partial charge is 0.465 e. The molecule has 0 aliphatic carbocycles. The van der Waals surface area contributed by atoms with Crippen LogP contribution in [0.4, 0.5) is 5.00 Å². The van der Waals surface area contributed by atoms with Crippen molar-refractivity contribution in [2.45, 2.75) is 22.9 Å². The van der Waals surface area contributed by atoms with E-state index in [1.54, 1.807) is 12.3 Å². The van der Waals surface area contributed by atoms with Gasteiger partial charge < -0.3 is 25.5 Å². The Bertz CT molecular complexity index is 2620. The van der Waals surface area contributed by atoms with Gasteiger partial charge in [0.1, 0.15) is 44.2 Å². The number of aromatic nitrogens is 1. The highest BCUT2D eigenvalue weighted by Crippen LogP contribution is 2.49. The van der Waals surface area contributed by atoms with Gasteiger partial charge in [0.25, 0.3) is 11.8 Å². The number of ether oxygens (including phenoxy) is 1. The summed E-state index contributed by atoms with van der Waals surface area (Å²) in [6.07, 6.45) is 3.89. The first kappa shape index (κ1) is 42.3. The van der Waals surface area contributed by atoms with E-state index in [9.17, 15) is 14.4 Å². The van der Waals surface area contributed by atoms with E-state index in [0.29, 0.717) is 10.6 Å². The minimum absolute atomic E-state index is 0.0588. The number of nitrogens with one attached hydrogen (secondary N) is 1. The Morgan fingerprint density at radius 3 is 1.86 bits per heavy atom. The minimum Gasteiger partial charge on any atom is -0.465 e. The minimum atomic E-state index is -1.12. The number of oxime groups is 1. The number of allylic oxidation sites excluding steroid dienone is 2. The summed E-state index contributed by atoms with van der Waals surface area (Å²) in [5.74, 6) is 0.969. The van der Waals surface area contributed by atoms with Crippen LogP contribution in [-0.2, 0) is 29.4 Å². The van der Waals surface area contributed by atoms with Gasteiger partial charge >= 0.3 is 0 Å². The third-order valence-corrected chi connectivity index (χ3v) is 12.8. The third-order valence-electron chi connectivity index (χ3n) is 10.6. The lowest BCUT2D eigenvalue weighted by Crippen LogP contribution is -2.70. The number of hydrogen-bond acceptors (Lipinski definition) is 11. The second kappa shape index (κ2) is 18.7. The van der Waals surface area contributed by atoms with Crippen molar-refractivity contribution in [2.75, 3.05) is 19.8 Å². The fraction of sp³-hybridized carbons (Fsp3) is 0.120. The number of amides is 2. The van der Waals surface area contributed by atoms with Gasteiger partial charge in [0.2, 0.25) is 5.88 Å². The van der Waals surface area contributed by atoms with Gasteiger partial charge in [0, 0.05) is 14.1 Å². The van der Waals surface area contributed by atoms with Crippen LogP contribution in [0.3, 0.4) is 0 Å². The SMILES string of the molecule is C=CON=C(C(=O)NC1C(=O)N2C(OC(c3ccccc3)c3ccccc3)=C(C=CN(C)C)C(=C=O)SC12)c1nc(C(c2ccccc2)(c2ccccc2)c2ccccc2)sc1N. The Morgan fingerprint density at radius 2 is 1.38 bits per heavy atom. The van der Waals surface area contributed by atoms with Crippen LogP contribution in [0.5, 0.6) is 0 Å². The van der Waals surface area contributed by atoms with E-state index in [2.05, 4.69) is 23.0 Å². The number of nitrogens with two attached hydrogens (primary N) is 1. The Morgan fingerprint density at radius 1 is 0.873 bits per heavy atom. The number of carbonyl (C=O) groups is 2. The normalized spacial score (nSPS) is 16.3. The van der Waals surface area contributed by atoms with Crippen molar-refractivity contribution >= 4 is 51.6 Å². The Kier molecular flexibility index (Phi) is 12.5. The van der Waals surface area contributed by atoms with E-state index in [1.807, 2.05) is 171 Å². The number of thioether (sulfide) groups is 1. The molecule has 0 radical (unpaired) electrons. The van der Waals surface area contributed by atoms with Crippen molar-refractivity contribution in [3.63, 3.8) is 0 Å². The predicted octanol–water partition coefficient (Wildman–Crippen LogP) is 8.18. The van der Waals surface area contributed by atoms with Crippen molar-refractivity contribution in [3.8, 4) is 0 Å². The molecule has 63 heavy (non-hydrogen) atoms. The number of nitrogen functional groups attached to an aromatic ring is 1. The lowest BCUT2D eigenvalue weighted by atomic mass is 9.70. The fourth-order valence-corrected chi connectivity index (χ4v) is 9.99. The fourth-order valence-electron chi connectivity index (χ4n) is 7.70. The molecule has 2 aliphatic rings. The molecule has 1 saturated heterocycles. The summed E-state index contributed by atoms with van der Waals surface area (Å²) >= 11 is 2.32. The number of nitrogens with zero attached hydrogens (tertiary/aromatic N) is 4. The molecule has 2 atom stereocenters. The Hall–Kier alpha value is -7.44. The van der Waals surface area contributed by atoms with Crippen LogP contribution in [-0.4, -0.2) is 63.8 Å². The third kappa shape index (κ3) is 8.20. The molecule has 314 valence electrons. The zero-order chi connectivity index (χ0) is 43.9. The topological polar surface area (TPSA) is 139 Å². The number of hydrogen-bond donors (Lipinski definition) is 2. The summed E-state index contributed by atoms with van der Waals surface area (Å²) in [6, 6.07) is 47.9. The molecule has 0 bridgehead atoms. The number of fused-ring (bicyclic) bond motifs is 1. The van der Waals surface area contributed by atoms with Gasteiger partial charge in [0.05, 0.1) is 11.0 Å². The summed E-state index contributed by atoms with van der Waals surface area (Å²) in [5, 5.41) is 6.97. The van der Waals surface area contributed by atoms with Gasteiger partial charge in [-0.25, -0.2) is 9.78 Å². The van der Waals surface area contributed by atoms with Crippen molar-refractivity contribution < 1.29 is 24.0 Å². The van der Waals surface area contributed by atoms with Crippen LogP contribution >= 0.6 is 23.1 Å². The Labute approximate surface area is 373 Å². The van der Waals surface area contributed by atoms with E-state index >= 15 is 0 Å². The number of carbonyl (C=O) groups excluding carboxylic acids is 3. The number of benzene rings is 5. The first-order chi connectivity index (χ1) is 30.8. The molecule has 2 amide bonds. The summed E-state index contributed by atoms with van der Waals surface area (Å²) in [6.45, 7) is 3.61. The van der Waals surface area contributed by atoms with Crippen molar-refractivity contribution in [1.29, 1.82) is 0 Å². The first-order valence-corrected chi connectivity index (χ1v) is 21.7. The molecule has 3 heterocycles. The maximum Gasteiger partial charge on any atom is 0.276 e. The number of anilines is 1. The molecule has 0 saturated carbocycles. The zero-order valence-electron chi connectivity index (χ0n) is 34.3. The van der Waals surface area contributed by atoms with Crippen molar-refractivity contribution in [2.24, 2.45) is 5.16 Å². The smallest absolute Gasteiger partial charge is 0.276 e. The van der Waals surface area contributed by atoms with E-state index in [0.717, 1.165) is 45.8 Å². The standard InChI is InChI=1S/C50H42N6O5S2/c1-4-60-54-41(40-44(51)63-49(53-40)50(35-24-14-7-15-25-35,36-26-16-8-17-27-36)37-28-18-9-19-29-37)45(58)52-42-46(59)56-47(38(30-31-55(2)3)39(32-57)62-48(42)56)61-43(33-20-10-5-11-21-33)34-22-12-6-13-23-34/h4-31,42-43,48H,1,51H2,2-3H3,(H,52,58). The molecule has 13 heteroatoms. The highest BCUT2D eigenvalue weighted by molar-refractivity contribution is 8.04. The maximum atomic E-state index is 14.5. The van der Waals surface area contributed by atoms with Crippen molar-refractivity contribution in [1.82, 2.24) is 20.1 Å². The van der Waals surface area contributed by atoms with Gasteiger partial charge in [-0.05, 0) is 40.1 Å². The summed E-state index contributed by atoms with van der Waals surface area (Å²) in [4.78, 5) is 55.6. The highest BCUT2D eigenvalue weighted by Gasteiger charge is 2.56. The molecule has 8 rings (SSSR count). The van der Waals surface area contributed by atoms with Gasteiger partial charge in [-0.2, -0.15) is 0 Å². The number of rotatable bonds is 15. The van der Waals surface area contributed by atoms with Crippen LogP contribution in [0.1, 0.15) is 44.6 Å². The first-order valence-electron chi connectivity index (χ1n) is 20.0. The average molecular weight is 871 g/mol. The van der Waals surface area contributed by atoms with Gasteiger partial charge in [-0.15, -0.1) is 0 Å². The molecule has 3 N–H and O–H groups in total. The Balaban J connectivity index is 1.17. The van der Waals surface area contributed by atoms with Crippen molar-refractivity contribution in [3.05, 3.63) is 232 Å². The maximum absolute atomic E-state index is 14.5. The molecular formula is C50H42N6O5S2. The van der Waals surface area contributed by atoms with E-state index in [4.69, 9.17) is 20.3 Å². The van der Waals surface area contributed by atoms with Gasteiger partial charge in [0.15, 0.2) is 11.8 Å². The number of thiazole rings is 1. The summed E-state index contributed by atoms with van der Waals surface area (Å²) in [5.41, 5.74) is 10.4. The highest BCUT2D eigenvalue weighted by atomic mass is 32.2. The van der Waals surface area contributed by atoms with E-state index < -0.39 is 34.7 Å². The summed E-state index contributed by atoms with van der Waals surface area (Å²) in [7, 11) is 3.69. The van der Waals surface area contributed by atoms with Gasteiger partial charge in [-0.3, -0.25) is 14.5 Å². The van der Waals surface area contributed by atoms with Crippen LogP contribution < -0.4 is 11.1 Å². The second-order valence-corrected chi connectivity index (χ2v) is 16.9. The van der Waals surface area contributed by atoms with Gasteiger partial charge in [-0.1, -0.05) is 186 Å². The molecule has 1 fully saturated rings. The second-order valence-electron chi connectivity index (χ2n) is 14.7. The molecule has 0 spiro atoms. The van der Waals surface area contributed by atoms with Crippen LogP contribution in [0.25, 0.3) is 0 Å². The lowest BCUT2D eigenvalue weighted by molar-refractivity contribution is -0.149. The molecular weight excluding hydrogens is 829 g/mol. The summed E-state index contributed by atoms with van der Waals surface area (Å²) < 4.78 is 6.84.